The molecular formula is C53H35N4O2-. The number of hydrogen-bond donors (Lipinski definition) is 2. The highest BCUT2D eigenvalue weighted by atomic mass is 16.3. The maximum atomic E-state index is 7.10. The summed E-state index contributed by atoms with van der Waals surface area (Å²) in [6.45, 7) is 0. The molecule has 0 aliphatic carbocycles. The summed E-state index contributed by atoms with van der Waals surface area (Å²) in [5, 5.41) is 24.7. The molecular weight excluding hydrogens is 725 g/mol. The molecule has 9 aromatic carbocycles. The van der Waals surface area contributed by atoms with Gasteiger partial charge in [-0.1, -0.05) is 151 Å². The molecule has 0 radical (unpaired) electrons. The first kappa shape index (κ1) is 32.8. The molecule has 1 aliphatic heterocycles. The van der Waals surface area contributed by atoms with E-state index in [1.165, 1.54) is 21.5 Å². The van der Waals surface area contributed by atoms with Gasteiger partial charge >= 0.3 is 0 Å². The Morgan fingerprint density at radius 2 is 1.07 bits per heavy atom. The Morgan fingerprint density at radius 1 is 0.390 bits per heavy atom. The van der Waals surface area contributed by atoms with Gasteiger partial charge in [-0.2, -0.15) is 0 Å². The smallest absolute Gasteiger partial charge is 0.159 e. The molecule has 280 valence electrons. The quantitative estimate of drug-likeness (QED) is 0.187. The SMILES string of the molecule is c1ccc(C2[N-]C(c3ccc4c(c3)oc3ccccc34)NC(c3cc(-n4c5ccccc5c5cc6ccccc6cc54)c4oc5c6ccccc6ccc5c4c3)N2)cc1. The first-order chi connectivity index (χ1) is 29.2. The van der Waals surface area contributed by atoms with E-state index in [9.17, 15) is 0 Å². The van der Waals surface area contributed by atoms with Crippen molar-refractivity contribution >= 4 is 87.2 Å². The van der Waals surface area contributed by atoms with Crippen LogP contribution in [0, 0.1) is 0 Å². The highest BCUT2D eigenvalue weighted by Gasteiger charge is 2.27. The van der Waals surface area contributed by atoms with Crippen molar-refractivity contribution in [2.45, 2.75) is 18.5 Å². The van der Waals surface area contributed by atoms with Crippen LogP contribution in [0.4, 0.5) is 0 Å². The Hall–Kier alpha value is -7.22. The zero-order valence-electron chi connectivity index (χ0n) is 31.8. The van der Waals surface area contributed by atoms with Crippen LogP contribution >= 0.6 is 0 Å². The lowest BCUT2D eigenvalue weighted by Gasteiger charge is -2.50. The normalized spacial score (nSPS) is 17.5. The van der Waals surface area contributed by atoms with Gasteiger partial charge in [-0.15, -0.1) is 0 Å². The topological polar surface area (TPSA) is 69.4 Å². The summed E-state index contributed by atoms with van der Waals surface area (Å²) in [6.07, 6.45) is -0.882. The molecule has 3 atom stereocenters. The summed E-state index contributed by atoms with van der Waals surface area (Å²) in [5.74, 6) is 0. The van der Waals surface area contributed by atoms with Crippen molar-refractivity contribution in [2.75, 3.05) is 0 Å². The van der Waals surface area contributed by atoms with Crippen LogP contribution in [0.2, 0.25) is 0 Å². The number of nitrogens with zero attached hydrogens (tertiary/aromatic N) is 2. The summed E-state index contributed by atoms with van der Waals surface area (Å²) in [5.41, 5.74) is 9.95. The monoisotopic (exact) mass is 759 g/mol. The highest BCUT2D eigenvalue weighted by Crippen LogP contribution is 2.44. The van der Waals surface area contributed by atoms with E-state index < -0.39 is 0 Å². The molecule has 0 saturated carbocycles. The molecule has 1 fully saturated rings. The molecule has 0 amide bonds. The average molecular weight is 760 g/mol. The third kappa shape index (κ3) is 5.04. The zero-order valence-corrected chi connectivity index (χ0v) is 31.8. The van der Waals surface area contributed by atoms with Crippen LogP contribution in [0.1, 0.15) is 35.2 Å². The lowest BCUT2D eigenvalue weighted by molar-refractivity contribution is 0.316. The lowest BCUT2D eigenvalue weighted by atomic mass is 10.0. The van der Waals surface area contributed by atoms with Crippen LogP contribution in [-0.2, 0) is 0 Å². The van der Waals surface area contributed by atoms with Gasteiger partial charge in [0.25, 0.3) is 0 Å². The van der Waals surface area contributed by atoms with Gasteiger partial charge < -0.3 is 29.4 Å². The van der Waals surface area contributed by atoms with Crippen molar-refractivity contribution in [1.29, 1.82) is 0 Å². The van der Waals surface area contributed by atoms with Crippen LogP contribution in [-0.4, -0.2) is 4.57 Å². The third-order valence-electron chi connectivity index (χ3n) is 12.4. The number of benzene rings is 9. The summed E-state index contributed by atoms with van der Waals surface area (Å²) < 4.78 is 15.9. The van der Waals surface area contributed by atoms with Crippen LogP contribution in [0.5, 0.6) is 0 Å². The van der Waals surface area contributed by atoms with E-state index in [1.807, 2.05) is 12.1 Å². The number of furan rings is 2. The maximum absolute atomic E-state index is 7.10. The predicted octanol–water partition coefficient (Wildman–Crippen LogP) is 13.9. The zero-order chi connectivity index (χ0) is 38.6. The highest BCUT2D eigenvalue weighted by molar-refractivity contribution is 6.18. The van der Waals surface area contributed by atoms with Gasteiger partial charge in [0.05, 0.1) is 22.9 Å². The van der Waals surface area contributed by atoms with Crippen LogP contribution in [0.25, 0.3) is 98.2 Å². The summed E-state index contributed by atoms with van der Waals surface area (Å²) in [7, 11) is 0. The van der Waals surface area contributed by atoms with Crippen LogP contribution in [0.15, 0.2) is 191 Å². The standard InChI is InChI=1S/C53H35N4O2/c1-2-13-32(14-3-1)51-54-52(35-23-24-40-39-19-9-11-21-47(39)58-48(40)30-35)56-53(55-51)36-27-43-41-25-22-31-12-6-7-17-37(31)49(41)59-50(43)46(29-36)57-44-20-10-8-18-38(44)42-26-33-15-4-5-16-34(33)28-45(42)57/h1-30,51-53,55-56H/q-1. The van der Waals surface area contributed by atoms with E-state index in [2.05, 4.69) is 185 Å². The van der Waals surface area contributed by atoms with Crippen molar-refractivity contribution in [2.24, 2.45) is 0 Å². The van der Waals surface area contributed by atoms with Gasteiger partial charge in [0.15, 0.2) is 5.58 Å². The first-order valence-corrected chi connectivity index (χ1v) is 20.2. The second-order valence-corrected chi connectivity index (χ2v) is 15.7. The van der Waals surface area contributed by atoms with Gasteiger partial charge in [0.2, 0.25) is 0 Å². The summed E-state index contributed by atoms with van der Waals surface area (Å²) >= 11 is 0. The molecule has 0 spiro atoms. The van der Waals surface area contributed by atoms with Gasteiger partial charge in [-0.3, -0.25) is 0 Å². The van der Waals surface area contributed by atoms with Crippen molar-refractivity contribution in [3.63, 3.8) is 0 Å². The van der Waals surface area contributed by atoms with Gasteiger partial charge in [-0.05, 0) is 75.8 Å². The number of fused-ring (bicyclic) bond motifs is 12. The summed E-state index contributed by atoms with van der Waals surface area (Å²) in [4.78, 5) is 0. The minimum absolute atomic E-state index is 0.275. The number of rotatable bonds is 4. The van der Waals surface area contributed by atoms with Gasteiger partial charge in [0, 0.05) is 37.7 Å². The fourth-order valence-corrected chi connectivity index (χ4v) is 9.56. The second-order valence-electron chi connectivity index (χ2n) is 15.7. The van der Waals surface area contributed by atoms with E-state index in [1.54, 1.807) is 0 Å². The average Bonchev–Trinajstić information content (AvgIpc) is 3.97. The Morgan fingerprint density at radius 3 is 1.93 bits per heavy atom. The number of aromatic nitrogens is 1. The lowest BCUT2D eigenvalue weighted by Crippen LogP contribution is -2.44. The fourth-order valence-electron chi connectivity index (χ4n) is 9.56. The fraction of sp³-hybridized carbons (Fsp3) is 0.0566. The molecule has 0 bridgehead atoms. The summed E-state index contributed by atoms with van der Waals surface area (Å²) in [6, 6.07) is 64.7. The molecule has 6 heteroatoms. The van der Waals surface area contributed by atoms with Crippen LogP contribution in [0.3, 0.4) is 0 Å². The second kappa shape index (κ2) is 12.6. The predicted molar refractivity (Wildman–Crippen MR) is 241 cm³/mol. The number of para-hydroxylation sites is 2. The van der Waals surface area contributed by atoms with E-state index in [0.29, 0.717) is 0 Å². The molecule has 2 N–H and O–H groups in total. The number of hydrogen-bond acceptors (Lipinski definition) is 4. The Kier molecular flexibility index (Phi) is 7.03. The molecule has 13 rings (SSSR count). The van der Waals surface area contributed by atoms with Gasteiger partial charge in [-0.25, -0.2) is 0 Å². The van der Waals surface area contributed by atoms with Crippen molar-refractivity contribution in [3.05, 3.63) is 204 Å². The van der Waals surface area contributed by atoms with Crippen LogP contribution < -0.4 is 10.6 Å². The largest absolute Gasteiger partial charge is 0.624 e. The molecule has 3 unspecified atom stereocenters. The molecule has 4 heterocycles. The Balaban J connectivity index is 1.06. The molecule has 3 aromatic heterocycles. The molecule has 12 aromatic rings. The molecule has 6 nitrogen and oxygen atoms in total. The van der Waals surface area contributed by atoms with E-state index in [0.717, 1.165) is 88.1 Å². The van der Waals surface area contributed by atoms with E-state index >= 15 is 0 Å². The first-order valence-electron chi connectivity index (χ1n) is 20.2. The Labute approximate surface area is 338 Å². The van der Waals surface area contributed by atoms with Gasteiger partial charge in [0.1, 0.15) is 16.7 Å². The molecule has 59 heavy (non-hydrogen) atoms. The van der Waals surface area contributed by atoms with Crippen molar-refractivity contribution in [1.82, 2.24) is 15.2 Å². The van der Waals surface area contributed by atoms with E-state index in [4.69, 9.17) is 14.2 Å². The molecule has 1 saturated heterocycles. The van der Waals surface area contributed by atoms with Crippen molar-refractivity contribution in [3.8, 4) is 5.69 Å². The maximum Gasteiger partial charge on any atom is 0.159 e. The molecule has 1 aliphatic rings. The number of nitrogens with one attached hydrogen (secondary N) is 2. The minimum atomic E-state index is -0.326. The third-order valence-corrected chi connectivity index (χ3v) is 12.4. The van der Waals surface area contributed by atoms with Crippen molar-refractivity contribution < 1.29 is 8.83 Å². The minimum Gasteiger partial charge on any atom is -0.624 e. The van der Waals surface area contributed by atoms with E-state index in [-0.39, 0.29) is 18.5 Å². The Bertz CT molecular complexity index is 3640.